The topological polar surface area (TPSA) is 67.2 Å². The lowest BCUT2D eigenvalue weighted by atomic mass is 9.99. The minimum atomic E-state index is 0.0459. The van der Waals surface area contributed by atoms with Gasteiger partial charge in [0.1, 0.15) is 5.76 Å². The van der Waals surface area contributed by atoms with Crippen molar-refractivity contribution in [2.24, 2.45) is 0 Å². The van der Waals surface area contributed by atoms with Gasteiger partial charge in [0.15, 0.2) is 0 Å². The predicted octanol–water partition coefficient (Wildman–Crippen LogP) is 2.65. The number of aryl methyl sites for hydroxylation is 1. The number of hydrogen-bond donors (Lipinski definition) is 2. The first-order chi connectivity index (χ1) is 11.2. The molecule has 2 unspecified atom stereocenters. The minimum absolute atomic E-state index is 0.0459. The molecule has 2 aromatic rings. The highest BCUT2D eigenvalue weighted by Gasteiger charge is 2.34. The monoisotopic (exact) mass is 331 g/mol. The van der Waals surface area contributed by atoms with Crippen LogP contribution in [0.2, 0.25) is 0 Å². The first kappa shape index (κ1) is 14.9. The van der Waals surface area contributed by atoms with Gasteiger partial charge in [-0.05, 0) is 44.1 Å². The van der Waals surface area contributed by atoms with Gasteiger partial charge in [-0.15, -0.1) is 0 Å². The highest BCUT2D eigenvalue weighted by Crippen LogP contribution is 2.27. The van der Waals surface area contributed by atoms with E-state index in [9.17, 15) is 4.79 Å². The number of nitrogens with zero attached hydrogens (tertiary/aromatic N) is 1. The van der Waals surface area contributed by atoms with Crippen molar-refractivity contribution in [3.63, 3.8) is 0 Å². The first-order valence-corrected chi connectivity index (χ1v) is 9.16. The van der Waals surface area contributed by atoms with Crippen LogP contribution in [0, 0.1) is 6.92 Å². The van der Waals surface area contributed by atoms with Crippen molar-refractivity contribution in [3.05, 3.63) is 28.3 Å². The van der Waals surface area contributed by atoms with Crippen molar-refractivity contribution in [1.29, 1.82) is 0 Å². The van der Waals surface area contributed by atoms with Gasteiger partial charge in [0, 0.05) is 29.1 Å². The van der Waals surface area contributed by atoms with Crippen LogP contribution < -0.4 is 10.6 Å². The van der Waals surface area contributed by atoms with E-state index in [1.165, 1.54) is 12.8 Å². The summed E-state index contributed by atoms with van der Waals surface area (Å²) in [5.74, 6) is 1.38. The Morgan fingerprint density at radius 2 is 2.22 bits per heavy atom. The van der Waals surface area contributed by atoms with Gasteiger partial charge in [0.25, 0.3) is 0 Å². The zero-order valence-electron chi connectivity index (χ0n) is 13.2. The van der Waals surface area contributed by atoms with Crippen LogP contribution in [0.15, 0.2) is 21.2 Å². The fourth-order valence-electron chi connectivity index (χ4n) is 3.71. The molecule has 4 rings (SSSR count). The van der Waals surface area contributed by atoms with Crippen molar-refractivity contribution >= 4 is 17.2 Å². The summed E-state index contributed by atoms with van der Waals surface area (Å²) in [5.41, 5.74) is 1.71. The Bertz CT molecular complexity index is 683. The molecule has 122 valence electrons. The van der Waals surface area contributed by atoms with E-state index < -0.39 is 0 Å². The molecule has 6 heteroatoms. The zero-order valence-corrected chi connectivity index (χ0v) is 14.0. The van der Waals surface area contributed by atoms with Crippen LogP contribution in [0.4, 0.5) is 0 Å². The van der Waals surface area contributed by atoms with E-state index in [2.05, 4.69) is 15.6 Å². The lowest BCUT2D eigenvalue weighted by Crippen LogP contribution is -2.48. The van der Waals surface area contributed by atoms with Gasteiger partial charge < -0.3 is 15.1 Å². The maximum absolute atomic E-state index is 12.4. The molecule has 2 bridgehead atoms. The number of thiophene rings is 1. The number of carbonyl (C=O) groups is 1. The molecular formula is C17H21N3O2S. The molecule has 2 aliphatic heterocycles. The Hall–Kier alpha value is -1.66. The molecule has 2 saturated heterocycles. The third-order valence-electron chi connectivity index (χ3n) is 4.83. The lowest BCUT2D eigenvalue weighted by molar-refractivity contribution is -0.121. The first-order valence-electron chi connectivity index (χ1n) is 8.21. The molecule has 1 amide bonds. The maximum Gasteiger partial charge on any atom is 0.227 e. The molecule has 2 fully saturated rings. The SMILES string of the molecule is Cc1oc(-c2ccsc2)nc1CC(=O)NC1CC2CCC(C1)N2. The van der Waals surface area contributed by atoms with Crippen molar-refractivity contribution < 1.29 is 9.21 Å². The van der Waals surface area contributed by atoms with Gasteiger partial charge >= 0.3 is 0 Å². The fraction of sp³-hybridized carbons (Fsp3) is 0.529. The van der Waals surface area contributed by atoms with Crippen LogP contribution >= 0.6 is 11.3 Å². The van der Waals surface area contributed by atoms with Crippen LogP contribution in [0.3, 0.4) is 0 Å². The highest BCUT2D eigenvalue weighted by molar-refractivity contribution is 7.08. The number of hydrogen-bond acceptors (Lipinski definition) is 5. The Balaban J connectivity index is 1.39. The van der Waals surface area contributed by atoms with Gasteiger partial charge in [0.2, 0.25) is 11.8 Å². The molecule has 2 aromatic heterocycles. The summed E-state index contributed by atoms with van der Waals surface area (Å²) in [6.07, 6.45) is 4.85. The third-order valence-corrected chi connectivity index (χ3v) is 5.51. The third kappa shape index (κ3) is 3.19. The van der Waals surface area contributed by atoms with Crippen LogP contribution in [-0.2, 0) is 11.2 Å². The Morgan fingerprint density at radius 1 is 1.43 bits per heavy atom. The largest absolute Gasteiger partial charge is 0.441 e. The van der Waals surface area contributed by atoms with Crippen LogP contribution in [0.1, 0.15) is 37.1 Å². The summed E-state index contributed by atoms with van der Waals surface area (Å²) >= 11 is 1.61. The second-order valence-electron chi connectivity index (χ2n) is 6.58. The van der Waals surface area contributed by atoms with Gasteiger partial charge in [0.05, 0.1) is 12.1 Å². The van der Waals surface area contributed by atoms with Crippen LogP contribution in [-0.4, -0.2) is 29.0 Å². The van der Waals surface area contributed by atoms with Crippen molar-refractivity contribution in [3.8, 4) is 11.5 Å². The summed E-state index contributed by atoms with van der Waals surface area (Å²) in [6.45, 7) is 1.87. The van der Waals surface area contributed by atoms with E-state index in [0.29, 0.717) is 30.4 Å². The maximum atomic E-state index is 12.4. The number of amides is 1. The molecule has 23 heavy (non-hydrogen) atoms. The zero-order chi connectivity index (χ0) is 15.8. The minimum Gasteiger partial charge on any atom is -0.441 e. The van der Waals surface area contributed by atoms with E-state index in [4.69, 9.17) is 4.42 Å². The number of carbonyl (C=O) groups excluding carboxylic acids is 1. The average molecular weight is 331 g/mol. The molecule has 0 aromatic carbocycles. The Morgan fingerprint density at radius 3 is 2.91 bits per heavy atom. The van der Waals surface area contributed by atoms with Crippen molar-refractivity contribution in [1.82, 2.24) is 15.6 Å². The highest BCUT2D eigenvalue weighted by atomic mass is 32.1. The molecule has 4 heterocycles. The number of fused-ring (bicyclic) bond motifs is 2. The van der Waals surface area contributed by atoms with Gasteiger partial charge in [-0.25, -0.2) is 4.98 Å². The van der Waals surface area contributed by atoms with E-state index in [0.717, 1.165) is 29.9 Å². The molecule has 2 N–H and O–H groups in total. The standard InChI is InChI=1S/C17H21N3O2S/c1-10-15(20-17(22-10)11-4-5-23-9-11)8-16(21)19-14-6-12-2-3-13(7-14)18-12/h4-5,9,12-14,18H,2-3,6-8H2,1H3,(H,19,21). The smallest absolute Gasteiger partial charge is 0.227 e. The molecule has 0 spiro atoms. The average Bonchev–Trinajstić information content (AvgIpc) is 3.21. The van der Waals surface area contributed by atoms with E-state index in [1.54, 1.807) is 11.3 Å². The fourth-order valence-corrected chi connectivity index (χ4v) is 4.34. The summed E-state index contributed by atoms with van der Waals surface area (Å²) in [7, 11) is 0. The molecular weight excluding hydrogens is 310 g/mol. The summed E-state index contributed by atoms with van der Waals surface area (Å²) in [4.78, 5) is 16.8. The Kier molecular flexibility index (Phi) is 3.95. The van der Waals surface area contributed by atoms with Crippen molar-refractivity contribution in [2.45, 2.75) is 57.2 Å². The molecule has 2 atom stereocenters. The second-order valence-corrected chi connectivity index (χ2v) is 7.36. The van der Waals surface area contributed by atoms with Gasteiger partial charge in [-0.1, -0.05) is 0 Å². The molecule has 0 saturated carbocycles. The summed E-state index contributed by atoms with van der Waals surface area (Å²) in [6, 6.07) is 3.44. The van der Waals surface area contributed by atoms with E-state index in [-0.39, 0.29) is 5.91 Å². The predicted molar refractivity (Wildman–Crippen MR) is 89.4 cm³/mol. The van der Waals surface area contributed by atoms with Gasteiger partial charge in [-0.2, -0.15) is 11.3 Å². The molecule has 0 radical (unpaired) electrons. The van der Waals surface area contributed by atoms with E-state index in [1.807, 2.05) is 23.8 Å². The van der Waals surface area contributed by atoms with Gasteiger partial charge in [-0.3, -0.25) is 4.79 Å². The molecule has 0 aliphatic carbocycles. The normalized spacial score (nSPS) is 26.4. The van der Waals surface area contributed by atoms with Crippen LogP contribution in [0.5, 0.6) is 0 Å². The quantitative estimate of drug-likeness (QED) is 0.904. The molecule has 5 nitrogen and oxygen atoms in total. The molecule has 2 aliphatic rings. The number of rotatable bonds is 4. The Labute approximate surface area is 139 Å². The number of oxazole rings is 1. The van der Waals surface area contributed by atoms with Crippen molar-refractivity contribution in [2.75, 3.05) is 0 Å². The lowest BCUT2D eigenvalue weighted by Gasteiger charge is -2.29. The summed E-state index contributed by atoms with van der Waals surface area (Å²) in [5, 5.41) is 10.8. The summed E-state index contributed by atoms with van der Waals surface area (Å²) < 4.78 is 5.70. The second kappa shape index (κ2) is 6.09. The number of nitrogens with one attached hydrogen (secondary N) is 2. The number of aromatic nitrogens is 1. The van der Waals surface area contributed by atoms with Crippen LogP contribution in [0.25, 0.3) is 11.5 Å². The van der Waals surface area contributed by atoms with E-state index >= 15 is 0 Å². The number of piperidine rings is 1.